The van der Waals surface area contributed by atoms with Gasteiger partial charge in [-0.1, -0.05) is 11.6 Å². The first-order valence-corrected chi connectivity index (χ1v) is 10.9. The van der Waals surface area contributed by atoms with Crippen molar-refractivity contribution >= 4 is 23.3 Å². The fraction of sp³-hybridized carbons (Fsp3) is 0.478. The van der Waals surface area contributed by atoms with Gasteiger partial charge in [-0.3, -0.25) is 4.79 Å². The van der Waals surface area contributed by atoms with Gasteiger partial charge in [0.1, 0.15) is 17.3 Å². The molecule has 0 spiro atoms. The normalized spacial score (nSPS) is 19.8. The molecule has 0 bridgehead atoms. The molecule has 0 aliphatic carbocycles. The van der Waals surface area contributed by atoms with E-state index in [0.29, 0.717) is 5.02 Å². The van der Waals surface area contributed by atoms with Crippen molar-refractivity contribution in [1.82, 2.24) is 9.88 Å². The Hall–Kier alpha value is -2.47. The van der Waals surface area contributed by atoms with Crippen molar-refractivity contribution in [2.24, 2.45) is 5.92 Å². The van der Waals surface area contributed by atoms with E-state index in [2.05, 4.69) is 14.8 Å². The molecule has 7 heteroatoms. The number of hydrogen-bond donors (Lipinski definition) is 0. The molecule has 1 amide bonds. The molecule has 2 aliphatic heterocycles. The Bertz CT molecular complexity index is 882. The lowest BCUT2D eigenvalue weighted by Crippen LogP contribution is -2.42. The van der Waals surface area contributed by atoms with Crippen molar-refractivity contribution < 1.29 is 14.3 Å². The standard InChI is InChI=1S/C23H28ClN3O3/c1-29-18-6-7-19(21(14-18)30-2)20-4-3-11-27(20)23(28)16-9-12-26(13-10-16)22-8-5-17(24)15-25-22/h5-8,14-16,20H,3-4,9-13H2,1-2H3. The third kappa shape index (κ3) is 4.19. The van der Waals surface area contributed by atoms with Gasteiger partial charge in [-0.15, -0.1) is 0 Å². The molecule has 0 saturated carbocycles. The Balaban J connectivity index is 1.44. The lowest BCUT2D eigenvalue weighted by molar-refractivity contribution is -0.137. The number of hydrogen-bond acceptors (Lipinski definition) is 5. The molecule has 2 saturated heterocycles. The van der Waals surface area contributed by atoms with Crippen molar-refractivity contribution in [2.45, 2.75) is 31.7 Å². The number of methoxy groups -OCH3 is 2. The zero-order valence-corrected chi connectivity index (χ0v) is 18.3. The largest absolute Gasteiger partial charge is 0.497 e. The van der Waals surface area contributed by atoms with E-state index in [9.17, 15) is 4.79 Å². The number of likely N-dealkylation sites (tertiary alicyclic amines) is 1. The Labute approximate surface area is 182 Å². The Morgan fingerprint density at radius 1 is 1.07 bits per heavy atom. The van der Waals surface area contributed by atoms with Gasteiger partial charge in [0.25, 0.3) is 0 Å². The van der Waals surface area contributed by atoms with Crippen LogP contribution >= 0.6 is 11.6 Å². The summed E-state index contributed by atoms with van der Waals surface area (Å²) in [5.41, 5.74) is 1.06. The average molecular weight is 430 g/mol. The van der Waals surface area contributed by atoms with Crippen LogP contribution in [-0.2, 0) is 4.79 Å². The molecule has 30 heavy (non-hydrogen) atoms. The monoisotopic (exact) mass is 429 g/mol. The van der Waals surface area contributed by atoms with E-state index in [0.717, 1.165) is 68.2 Å². The molecule has 1 atom stereocenters. The number of ether oxygens (including phenoxy) is 2. The first-order valence-electron chi connectivity index (χ1n) is 10.5. The van der Waals surface area contributed by atoms with E-state index in [1.807, 2.05) is 30.3 Å². The van der Waals surface area contributed by atoms with Crippen molar-refractivity contribution in [1.29, 1.82) is 0 Å². The molecule has 2 aromatic rings. The highest BCUT2D eigenvalue weighted by Crippen LogP contribution is 2.40. The topological polar surface area (TPSA) is 54.9 Å². The second-order valence-corrected chi connectivity index (χ2v) is 8.33. The van der Waals surface area contributed by atoms with Crippen molar-refractivity contribution in [3.63, 3.8) is 0 Å². The minimum Gasteiger partial charge on any atom is -0.497 e. The van der Waals surface area contributed by atoms with Crippen LogP contribution in [0.25, 0.3) is 0 Å². The van der Waals surface area contributed by atoms with E-state index in [4.69, 9.17) is 21.1 Å². The highest BCUT2D eigenvalue weighted by atomic mass is 35.5. The van der Waals surface area contributed by atoms with Crippen LogP contribution in [-0.4, -0.2) is 49.6 Å². The predicted octanol–water partition coefficient (Wildman–Crippen LogP) is 4.33. The van der Waals surface area contributed by atoms with Gasteiger partial charge in [0.15, 0.2) is 0 Å². The quantitative estimate of drug-likeness (QED) is 0.708. The molecule has 0 radical (unpaired) electrons. The summed E-state index contributed by atoms with van der Waals surface area (Å²) in [7, 11) is 3.31. The molecule has 0 N–H and O–H groups in total. The van der Waals surface area contributed by atoms with E-state index in [1.54, 1.807) is 20.4 Å². The number of aromatic nitrogens is 1. The highest BCUT2D eigenvalue weighted by Gasteiger charge is 2.36. The average Bonchev–Trinajstić information content (AvgIpc) is 3.28. The first kappa shape index (κ1) is 20.8. The van der Waals surface area contributed by atoms with Crippen LogP contribution in [0.2, 0.25) is 5.02 Å². The number of rotatable bonds is 5. The number of halogens is 1. The lowest BCUT2D eigenvalue weighted by Gasteiger charge is -2.35. The summed E-state index contributed by atoms with van der Waals surface area (Å²) in [5, 5.41) is 0.637. The van der Waals surface area contributed by atoms with E-state index in [1.165, 1.54) is 0 Å². The van der Waals surface area contributed by atoms with Crippen LogP contribution in [0, 0.1) is 5.92 Å². The fourth-order valence-electron chi connectivity index (χ4n) is 4.59. The van der Waals surface area contributed by atoms with Gasteiger partial charge in [0.05, 0.1) is 25.3 Å². The number of carbonyl (C=O) groups excluding carboxylic acids is 1. The van der Waals surface area contributed by atoms with Gasteiger partial charge in [-0.05, 0) is 49.9 Å². The van der Waals surface area contributed by atoms with Crippen LogP contribution in [0.15, 0.2) is 36.5 Å². The fourth-order valence-corrected chi connectivity index (χ4v) is 4.70. The lowest BCUT2D eigenvalue weighted by atomic mass is 9.94. The summed E-state index contributed by atoms with van der Waals surface area (Å²) in [6.07, 6.45) is 5.32. The molecule has 2 fully saturated rings. The number of amides is 1. The minimum atomic E-state index is 0.0541. The van der Waals surface area contributed by atoms with Gasteiger partial charge >= 0.3 is 0 Å². The molecule has 4 rings (SSSR count). The Morgan fingerprint density at radius 2 is 1.87 bits per heavy atom. The van der Waals surface area contributed by atoms with E-state index < -0.39 is 0 Å². The maximum Gasteiger partial charge on any atom is 0.226 e. The molecule has 3 heterocycles. The Morgan fingerprint density at radius 3 is 2.53 bits per heavy atom. The maximum atomic E-state index is 13.4. The summed E-state index contributed by atoms with van der Waals surface area (Å²) in [5.74, 6) is 2.78. The number of piperidine rings is 1. The number of benzene rings is 1. The van der Waals surface area contributed by atoms with E-state index >= 15 is 0 Å². The zero-order chi connectivity index (χ0) is 21.1. The smallest absolute Gasteiger partial charge is 0.226 e. The molecular formula is C23H28ClN3O3. The van der Waals surface area contributed by atoms with E-state index in [-0.39, 0.29) is 17.9 Å². The predicted molar refractivity (Wildman–Crippen MR) is 117 cm³/mol. The summed E-state index contributed by atoms with van der Waals surface area (Å²) in [4.78, 5) is 22.1. The van der Waals surface area contributed by atoms with Crippen molar-refractivity contribution in [2.75, 3.05) is 38.8 Å². The number of pyridine rings is 1. The SMILES string of the molecule is COc1ccc(C2CCCN2C(=O)C2CCN(c3ccc(Cl)cn3)CC2)c(OC)c1. The summed E-state index contributed by atoms with van der Waals surface area (Å²) < 4.78 is 10.9. The Kier molecular flexibility index (Phi) is 6.32. The minimum absolute atomic E-state index is 0.0541. The van der Waals surface area contributed by atoms with Crippen LogP contribution in [0.5, 0.6) is 11.5 Å². The molecule has 1 unspecified atom stereocenters. The maximum absolute atomic E-state index is 13.4. The van der Waals surface area contributed by atoms with Crippen LogP contribution in [0.4, 0.5) is 5.82 Å². The van der Waals surface area contributed by atoms with Crippen molar-refractivity contribution in [3.8, 4) is 11.5 Å². The summed E-state index contributed by atoms with van der Waals surface area (Å²) in [6.45, 7) is 2.46. The molecule has 160 valence electrons. The molecule has 1 aromatic carbocycles. The number of nitrogens with zero attached hydrogens (tertiary/aromatic N) is 3. The van der Waals surface area contributed by atoms with Gasteiger partial charge in [-0.25, -0.2) is 4.98 Å². The van der Waals surface area contributed by atoms with Gasteiger partial charge in [-0.2, -0.15) is 0 Å². The second kappa shape index (κ2) is 9.13. The highest BCUT2D eigenvalue weighted by molar-refractivity contribution is 6.30. The third-order valence-corrected chi connectivity index (χ3v) is 6.44. The number of carbonyl (C=O) groups is 1. The molecule has 6 nitrogen and oxygen atoms in total. The van der Waals surface area contributed by atoms with Gasteiger partial charge in [0, 0.05) is 43.4 Å². The summed E-state index contributed by atoms with van der Waals surface area (Å²) in [6, 6.07) is 9.73. The van der Waals surface area contributed by atoms with Crippen LogP contribution in [0.1, 0.15) is 37.3 Å². The second-order valence-electron chi connectivity index (χ2n) is 7.89. The summed E-state index contributed by atoms with van der Waals surface area (Å²) >= 11 is 5.94. The van der Waals surface area contributed by atoms with Crippen LogP contribution in [0.3, 0.4) is 0 Å². The van der Waals surface area contributed by atoms with Crippen molar-refractivity contribution in [3.05, 3.63) is 47.1 Å². The third-order valence-electron chi connectivity index (χ3n) is 6.22. The molecule has 1 aromatic heterocycles. The first-order chi connectivity index (χ1) is 14.6. The van der Waals surface area contributed by atoms with Crippen LogP contribution < -0.4 is 14.4 Å². The molecule has 2 aliphatic rings. The number of anilines is 1. The van der Waals surface area contributed by atoms with Gasteiger partial charge < -0.3 is 19.3 Å². The molecular weight excluding hydrogens is 402 g/mol. The zero-order valence-electron chi connectivity index (χ0n) is 17.5. The van der Waals surface area contributed by atoms with Gasteiger partial charge in [0.2, 0.25) is 5.91 Å².